The molecular weight excluding hydrogens is 184 g/mol. The van der Waals surface area contributed by atoms with E-state index in [2.05, 4.69) is 6.92 Å². The fourth-order valence-electron chi connectivity index (χ4n) is 1.69. The molecule has 14 heavy (non-hydrogen) atoms. The van der Waals surface area contributed by atoms with Crippen LogP contribution < -0.4 is 0 Å². The molecule has 0 unspecified atom stereocenters. The predicted octanol–water partition coefficient (Wildman–Crippen LogP) is 0.568. The molecule has 0 bridgehead atoms. The lowest BCUT2D eigenvalue weighted by Crippen LogP contribution is -2.53. The molecule has 0 aliphatic carbocycles. The van der Waals surface area contributed by atoms with Crippen molar-refractivity contribution in [3.63, 3.8) is 0 Å². The van der Waals surface area contributed by atoms with Crippen LogP contribution in [0.4, 0.5) is 4.79 Å². The Morgan fingerprint density at radius 3 is 2.00 bits per heavy atom. The molecule has 0 aromatic rings. The topological polar surface area (TPSA) is 42.0 Å². The quantitative estimate of drug-likeness (QED) is 0.669. The zero-order valence-electron chi connectivity index (χ0n) is 9.02. The molecule has 0 aromatic carbocycles. The second-order valence-corrected chi connectivity index (χ2v) is 3.67. The van der Waals surface area contributed by atoms with E-state index in [1.165, 1.54) is 0 Å². The van der Waals surface area contributed by atoms with Crippen LogP contribution in [0.15, 0.2) is 0 Å². The Bertz CT molecular complexity index is 180. The molecule has 5 nitrogen and oxygen atoms in total. The number of urea groups is 1. The van der Waals surface area contributed by atoms with Crippen LogP contribution in [0.3, 0.4) is 0 Å². The maximum atomic E-state index is 11.7. The minimum absolute atomic E-state index is 0.00759. The third-order valence-corrected chi connectivity index (χ3v) is 2.18. The van der Waals surface area contributed by atoms with Gasteiger partial charge >= 0.3 is 6.03 Å². The number of rotatable bonds is 4. The average molecular weight is 202 g/mol. The maximum absolute atomic E-state index is 11.7. The zero-order valence-corrected chi connectivity index (χ0v) is 9.02. The zero-order chi connectivity index (χ0) is 10.6. The third-order valence-electron chi connectivity index (χ3n) is 2.18. The number of nitrogens with zero attached hydrogens (tertiary/aromatic N) is 2. The first kappa shape index (κ1) is 11.3. The first-order chi connectivity index (χ1) is 6.69. The number of hydrogen-bond donors (Lipinski definition) is 0. The number of carbonyl (C=O) groups excluding carboxylic acids is 1. The van der Waals surface area contributed by atoms with Crippen LogP contribution in [0, 0.1) is 5.92 Å². The van der Waals surface area contributed by atoms with Crippen molar-refractivity contribution in [2.45, 2.75) is 6.92 Å². The van der Waals surface area contributed by atoms with Crippen molar-refractivity contribution in [3.8, 4) is 0 Å². The Morgan fingerprint density at radius 2 is 1.64 bits per heavy atom. The van der Waals surface area contributed by atoms with Gasteiger partial charge in [0.15, 0.2) is 0 Å². The highest BCUT2D eigenvalue weighted by Gasteiger charge is 2.29. The normalized spacial score (nSPS) is 19.2. The van der Waals surface area contributed by atoms with Gasteiger partial charge in [0.1, 0.15) is 13.5 Å². The van der Waals surface area contributed by atoms with Crippen LogP contribution in [0.5, 0.6) is 0 Å². The van der Waals surface area contributed by atoms with Gasteiger partial charge in [-0.05, 0) is 5.92 Å². The van der Waals surface area contributed by atoms with E-state index in [1.54, 1.807) is 24.0 Å². The fourth-order valence-corrected chi connectivity index (χ4v) is 1.69. The number of hydrogen-bond acceptors (Lipinski definition) is 3. The van der Waals surface area contributed by atoms with E-state index in [9.17, 15) is 4.79 Å². The lowest BCUT2D eigenvalue weighted by Gasteiger charge is -2.37. The van der Waals surface area contributed by atoms with Crippen molar-refractivity contribution >= 4 is 6.03 Å². The van der Waals surface area contributed by atoms with Gasteiger partial charge in [-0.25, -0.2) is 4.79 Å². The van der Waals surface area contributed by atoms with Gasteiger partial charge in [0.25, 0.3) is 0 Å². The molecule has 0 saturated carbocycles. The monoisotopic (exact) mass is 202 g/mol. The van der Waals surface area contributed by atoms with Crippen LogP contribution in [-0.4, -0.2) is 56.6 Å². The van der Waals surface area contributed by atoms with Gasteiger partial charge in [-0.3, -0.25) is 0 Å². The standard InChI is InChI=1S/C9H18N2O3/c1-8-4-10(6-13-2)9(12)11(5-8)7-14-3/h8H,4-7H2,1-3H3. The molecule has 1 aliphatic heterocycles. The van der Waals surface area contributed by atoms with E-state index >= 15 is 0 Å². The number of methoxy groups -OCH3 is 2. The molecule has 1 heterocycles. The summed E-state index contributed by atoms with van der Waals surface area (Å²) in [7, 11) is 3.18. The van der Waals surface area contributed by atoms with Gasteiger partial charge in [0, 0.05) is 27.3 Å². The highest BCUT2D eigenvalue weighted by atomic mass is 16.5. The largest absolute Gasteiger partial charge is 0.364 e. The van der Waals surface area contributed by atoms with Gasteiger partial charge in [0.2, 0.25) is 0 Å². The summed E-state index contributed by atoms with van der Waals surface area (Å²) >= 11 is 0. The third kappa shape index (κ3) is 2.59. The molecule has 0 radical (unpaired) electrons. The lowest BCUT2D eigenvalue weighted by molar-refractivity contribution is 0.00252. The van der Waals surface area contributed by atoms with E-state index in [-0.39, 0.29) is 6.03 Å². The summed E-state index contributed by atoms with van der Waals surface area (Å²) in [6.07, 6.45) is 0. The van der Waals surface area contributed by atoms with Crippen molar-refractivity contribution < 1.29 is 14.3 Å². The average Bonchev–Trinajstić information content (AvgIpc) is 2.14. The number of ether oxygens (including phenoxy) is 2. The minimum Gasteiger partial charge on any atom is -0.364 e. The first-order valence-corrected chi connectivity index (χ1v) is 4.70. The Balaban J connectivity index is 2.56. The van der Waals surface area contributed by atoms with E-state index in [0.717, 1.165) is 13.1 Å². The molecule has 1 fully saturated rings. The van der Waals surface area contributed by atoms with Crippen molar-refractivity contribution in [2.75, 3.05) is 40.8 Å². The fraction of sp³-hybridized carbons (Fsp3) is 0.889. The molecule has 1 aliphatic rings. The Labute approximate surface area is 84.6 Å². The molecule has 5 heteroatoms. The molecule has 0 N–H and O–H groups in total. The van der Waals surface area contributed by atoms with Gasteiger partial charge < -0.3 is 19.3 Å². The highest BCUT2D eigenvalue weighted by Crippen LogP contribution is 2.13. The second kappa shape index (κ2) is 5.17. The van der Waals surface area contributed by atoms with Crippen LogP contribution >= 0.6 is 0 Å². The van der Waals surface area contributed by atoms with Crippen molar-refractivity contribution in [3.05, 3.63) is 0 Å². The Hall–Kier alpha value is -0.810. The lowest BCUT2D eigenvalue weighted by atomic mass is 10.1. The van der Waals surface area contributed by atoms with Crippen LogP contribution in [0.1, 0.15) is 6.92 Å². The van der Waals surface area contributed by atoms with Gasteiger partial charge in [0.05, 0.1) is 0 Å². The summed E-state index contributed by atoms with van der Waals surface area (Å²) in [4.78, 5) is 15.1. The van der Waals surface area contributed by atoms with Crippen molar-refractivity contribution in [1.29, 1.82) is 0 Å². The summed E-state index contributed by atoms with van der Waals surface area (Å²) in [6.45, 7) is 4.32. The van der Waals surface area contributed by atoms with E-state index in [4.69, 9.17) is 9.47 Å². The van der Waals surface area contributed by atoms with Crippen molar-refractivity contribution in [2.24, 2.45) is 5.92 Å². The molecule has 0 spiro atoms. The van der Waals surface area contributed by atoms with E-state index in [1.807, 2.05) is 0 Å². The summed E-state index contributed by atoms with van der Waals surface area (Å²) in [5.41, 5.74) is 0. The predicted molar refractivity (Wildman–Crippen MR) is 51.7 cm³/mol. The molecule has 82 valence electrons. The molecular formula is C9H18N2O3. The highest BCUT2D eigenvalue weighted by molar-refractivity contribution is 5.75. The van der Waals surface area contributed by atoms with Crippen molar-refractivity contribution in [1.82, 2.24) is 9.80 Å². The van der Waals surface area contributed by atoms with Gasteiger partial charge in [-0.15, -0.1) is 0 Å². The number of carbonyl (C=O) groups is 1. The molecule has 1 saturated heterocycles. The summed E-state index contributed by atoms with van der Waals surface area (Å²) in [5, 5.41) is 0. The van der Waals surface area contributed by atoms with Crippen LogP contribution in [0.25, 0.3) is 0 Å². The summed E-state index contributed by atoms with van der Waals surface area (Å²) in [6, 6.07) is -0.00759. The van der Waals surface area contributed by atoms with Crippen LogP contribution in [-0.2, 0) is 9.47 Å². The molecule has 2 amide bonds. The Morgan fingerprint density at radius 1 is 1.21 bits per heavy atom. The van der Waals surface area contributed by atoms with E-state index < -0.39 is 0 Å². The van der Waals surface area contributed by atoms with Crippen LogP contribution in [0.2, 0.25) is 0 Å². The maximum Gasteiger partial charge on any atom is 0.323 e. The molecule has 0 atom stereocenters. The molecule has 1 rings (SSSR count). The minimum atomic E-state index is -0.00759. The summed E-state index contributed by atoms with van der Waals surface area (Å²) in [5.74, 6) is 0.456. The Kier molecular flexibility index (Phi) is 4.16. The number of amides is 2. The summed E-state index contributed by atoms with van der Waals surface area (Å²) < 4.78 is 9.93. The first-order valence-electron chi connectivity index (χ1n) is 4.70. The van der Waals surface area contributed by atoms with E-state index in [0.29, 0.717) is 19.4 Å². The van der Waals surface area contributed by atoms with Gasteiger partial charge in [-0.1, -0.05) is 6.92 Å². The smallest absolute Gasteiger partial charge is 0.323 e. The SMILES string of the molecule is COCN1CC(C)CN(COC)C1=O. The molecule has 0 aromatic heterocycles. The second-order valence-electron chi connectivity index (χ2n) is 3.67. The van der Waals surface area contributed by atoms with Gasteiger partial charge in [-0.2, -0.15) is 0 Å².